The van der Waals surface area contributed by atoms with E-state index in [1.807, 2.05) is 103 Å². The number of aliphatic carboxylic acids is 1. The molecule has 0 spiro atoms. The number of hydrazine groups is 1. The Morgan fingerprint density at radius 2 is 1.41 bits per heavy atom. The summed E-state index contributed by atoms with van der Waals surface area (Å²) in [5.41, 5.74) is 11.7. The zero-order chi connectivity index (χ0) is 61.8. The Morgan fingerprint density at radius 3 is 2.11 bits per heavy atom. The van der Waals surface area contributed by atoms with Gasteiger partial charge in [0.2, 0.25) is 11.7 Å². The number of fused-ring (bicyclic) bond motifs is 3. The van der Waals surface area contributed by atoms with Crippen LogP contribution >= 0.6 is 23.2 Å². The number of aryl methyl sites for hydroxylation is 1. The first-order valence-electron chi connectivity index (χ1n) is 27.9. The molecule has 1 unspecified atom stereocenters. The highest BCUT2D eigenvalue weighted by Crippen LogP contribution is 2.39. The standard InChI is InChI=1S/C19H16O4.C17H16ClN3O.C16H18N4O2.C15H14ClNO3/c1-12(20)11-15(13-7-3-2-4-8-13)17-18(21)14-9-5-6-10-16(14)23-19(17)22;18-12-5-6-15-13(11-12)17(21-9-7-19-8-10-21)20-14-3-1-2-4-16(14)22-15;21-15(18-12-13-4-2-1-3-5-13)8-11-19-20-16(22)14-6-9-17-10-7-14;1-9-7-12(8-13(18)19)17(2)14(9)15(20)10-3-5-11(16)6-4-10/h2-10,15,21H,11H2,1H3;1-6,11,19H,7-10H2;1-7,9-10,19H,8,11-12H2,(H,18,21)(H,20,22);3-7H,8H2,1-2H3,(H,18,19). The Hall–Kier alpha value is -9.72. The van der Waals surface area contributed by atoms with E-state index in [9.17, 15) is 33.9 Å². The van der Waals surface area contributed by atoms with Crippen LogP contribution in [0.1, 0.15) is 85.6 Å². The normalized spacial score (nSPS) is 12.5. The van der Waals surface area contributed by atoms with Crippen molar-refractivity contribution in [2.45, 2.75) is 45.6 Å². The predicted octanol–water partition coefficient (Wildman–Crippen LogP) is 10.9. The largest absolute Gasteiger partial charge is 0.507 e. The lowest BCUT2D eigenvalue weighted by molar-refractivity contribution is -0.136. The van der Waals surface area contributed by atoms with Gasteiger partial charge in [-0.3, -0.25) is 34.4 Å². The summed E-state index contributed by atoms with van der Waals surface area (Å²) in [5.74, 6) is 0.398. The van der Waals surface area contributed by atoms with Crippen molar-refractivity contribution in [3.63, 3.8) is 0 Å². The number of amidine groups is 1. The number of halogens is 2. The maximum absolute atomic E-state index is 12.5. The summed E-state index contributed by atoms with van der Waals surface area (Å²) in [6.45, 7) is 7.89. The lowest BCUT2D eigenvalue weighted by Crippen LogP contribution is -2.46. The number of hydrogen-bond donors (Lipinski definition) is 6. The van der Waals surface area contributed by atoms with E-state index < -0.39 is 17.5 Å². The first-order chi connectivity index (χ1) is 42.0. The third-order valence-corrected chi connectivity index (χ3v) is 14.4. The van der Waals surface area contributed by atoms with Gasteiger partial charge in [0, 0.05) is 104 Å². The number of rotatable bonds is 15. The van der Waals surface area contributed by atoms with Gasteiger partial charge < -0.3 is 39.5 Å². The van der Waals surface area contributed by atoms with Crippen LogP contribution < -0.4 is 31.8 Å². The van der Waals surface area contributed by atoms with Crippen molar-refractivity contribution in [1.29, 1.82) is 0 Å². The number of piperazine rings is 1. The van der Waals surface area contributed by atoms with Crippen LogP contribution in [0.3, 0.4) is 0 Å². The molecule has 2 amide bonds. The Kier molecular flexibility index (Phi) is 22.5. The van der Waals surface area contributed by atoms with Crippen LogP contribution in [-0.2, 0) is 34.4 Å². The minimum atomic E-state index is -0.920. The van der Waals surface area contributed by atoms with Gasteiger partial charge in [0.05, 0.1) is 28.6 Å². The van der Waals surface area contributed by atoms with Gasteiger partial charge in [-0.25, -0.2) is 15.2 Å². The lowest BCUT2D eigenvalue weighted by atomic mass is 9.87. The van der Waals surface area contributed by atoms with Crippen LogP contribution in [0.25, 0.3) is 11.0 Å². The molecular formula is C67H64Cl2N8O10. The second-order valence-electron chi connectivity index (χ2n) is 20.2. The Bertz CT molecular complexity index is 3950. The van der Waals surface area contributed by atoms with Crippen molar-refractivity contribution in [1.82, 2.24) is 35.9 Å². The molecule has 1 atom stereocenters. The van der Waals surface area contributed by atoms with E-state index in [4.69, 9.17) is 42.5 Å². The molecule has 2 aliphatic rings. The molecule has 1 saturated heterocycles. The molecule has 1 fully saturated rings. The molecule has 0 aliphatic carbocycles. The Labute approximate surface area is 512 Å². The van der Waals surface area contributed by atoms with E-state index in [0.29, 0.717) is 56.6 Å². The number of carbonyl (C=O) groups is 5. The molecule has 0 bridgehead atoms. The van der Waals surface area contributed by atoms with E-state index in [0.717, 1.165) is 71.5 Å². The topological polar surface area (TPSA) is 247 Å². The van der Waals surface area contributed by atoms with Gasteiger partial charge in [-0.15, -0.1) is 0 Å². The van der Waals surface area contributed by atoms with E-state index in [-0.39, 0.29) is 54.0 Å². The van der Waals surface area contributed by atoms with Crippen LogP contribution in [0.4, 0.5) is 5.69 Å². The van der Waals surface area contributed by atoms with Gasteiger partial charge in [-0.05, 0) is 115 Å². The predicted molar refractivity (Wildman–Crippen MR) is 335 cm³/mol. The lowest BCUT2D eigenvalue weighted by Gasteiger charge is -2.30. The molecular weight excluding hydrogens is 1150 g/mol. The average molecular weight is 1210 g/mol. The molecule has 2 aliphatic heterocycles. The fraction of sp³-hybridized carbons (Fsp3) is 0.194. The number of ketones is 2. The molecule has 11 rings (SSSR count). The molecule has 18 nitrogen and oxygen atoms in total. The number of nitrogens with zero attached hydrogens (tertiary/aromatic N) is 4. The first kappa shape index (κ1) is 63.3. The fourth-order valence-electron chi connectivity index (χ4n) is 9.62. The van der Waals surface area contributed by atoms with Crippen LogP contribution in [0.2, 0.25) is 10.0 Å². The number of amides is 2. The SMILES string of the molecule is CC(=O)CC(c1ccccc1)c1c(O)c2ccccc2oc1=O.Cc1cc(CC(=O)O)n(C)c1C(=O)c1ccc(Cl)cc1.Clc1ccc2c(c1)C(N1CCNCC1)=Nc1ccccc1O2.O=C(CCNNC(=O)c1ccncc1)NCc1ccccc1. The number of ether oxygens (including phenoxy) is 1. The number of Topliss-reactive ketones (excluding diaryl/α,β-unsaturated/α-hetero) is 1. The molecule has 0 saturated carbocycles. The summed E-state index contributed by atoms with van der Waals surface area (Å²) in [4.78, 5) is 81.7. The number of aliphatic imine (C=N–C) groups is 1. The molecule has 6 aromatic carbocycles. The highest BCUT2D eigenvalue weighted by atomic mass is 35.5. The minimum absolute atomic E-state index is 0.0641. The summed E-state index contributed by atoms with van der Waals surface area (Å²) in [6.07, 6.45) is 3.40. The number of nitrogens with one attached hydrogen (secondary N) is 4. The molecule has 0 radical (unpaired) electrons. The molecule has 3 aromatic heterocycles. The molecule has 446 valence electrons. The van der Waals surface area contributed by atoms with Crippen LogP contribution in [-0.4, -0.2) is 92.6 Å². The van der Waals surface area contributed by atoms with Crippen molar-refractivity contribution >= 4 is 75.0 Å². The molecule has 9 aromatic rings. The smallest absolute Gasteiger partial charge is 0.343 e. The number of aromatic nitrogens is 2. The van der Waals surface area contributed by atoms with Gasteiger partial charge in [0.25, 0.3) is 5.91 Å². The number of hydrogen-bond acceptors (Lipinski definition) is 14. The summed E-state index contributed by atoms with van der Waals surface area (Å²) >= 11 is 12.0. The Morgan fingerprint density at radius 1 is 0.759 bits per heavy atom. The average Bonchev–Trinajstić information content (AvgIpc) is 3.14. The summed E-state index contributed by atoms with van der Waals surface area (Å²) in [6, 6.07) is 50.8. The van der Waals surface area contributed by atoms with Gasteiger partial charge >= 0.3 is 11.6 Å². The Balaban J connectivity index is 0.000000151. The summed E-state index contributed by atoms with van der Waals surface area (Å²) in [5, 5.41) is 27.4. The van der Waals surface area contributed by atoms with Crippen molar-refractivity contribution in [3.8, 4) is 17.2 Å². The highest BCUT2D eigenvalue weighted by Gasteiger charge is 2.27. The number of carbonyl (C=O) groups excluding carboxylic acids is 4. The van der Waals surface area contributed by atoms with Crippen LogP contribution in [0, 0.1) is 6.92 Å². The number of aromatic hydroxyl groups is 1. The molecule has 5 heterocycles. The van der Waals surface area contributed by atoms with Crippen LogP contribution in [0.5, 0.6) is 17.2 Å². The van der Waals surface area contributed by atoms with Gasteiger partial charge in [-0.1, -0.05) is 108 Å². The number of para-hydroxylation sites is 3. The summed E-state index contributed by atoms with van der Waals surface area (Å²) in [7, 11) is 1.70. The van der Waals surface area contributed by atoms with Gasteiger partial charge in [-0.2, -0.15) is 0 Å². The van der Waals surface area contributed by atoms with Crippen molar-refractivity contribution < 1.29 is 43.3 Å². The van der Waals surface area contributed by atoms with E-state index in [1.54, 1.807) is 97.7 Å². The van der Waals surface area contributed by atoms with Gasteiger partial charge in [0.15, 0.2) is 5.75 Å². The fourth-order valence-corrected chi connectivity index (χ4v) is 9.92. The second kappa shape index (κ2) is 30.9. The zero-order valence-electron chi connectivity index (χ0n) is 48.0. The number of pyridine rings is 1. The number of carboxylic acid groups (broad SMARTS) is 1. The maximum Gasteiger partial charge on any atom is 0.343 e. The monoisotopic (exact) mass is 1210 g/mol. The highest BCUT2D eigenvalue weighted by molar-refractivity contribution is 6.31. The molecule has 6 N–H and O–H groups in total. The quantitative estimate of drug-likeness (QED) is 0.0242. The molecule has 87 heavy (non-hydrogen) atoms. The zero-order valence-corrected chi connectivity index (χ0v) is 49.5. The second-order valence-corrected chi connectivity index (χ2v) is 21.0. The van der Waals surface area contributed by atoms with Crippen molar-refractivity contribution in [3.05, 3.63) is 253 Å². The van der Waals surface area contributed by atoms with E-state index in [1.165, 1.54) is 6.92 Å². The number of benzene rings is 6. The van der Waals surface area contributed by atoms with Crippen molar-refractivity contribution in [2.75, 3.05) is 32.7 Å². The number of carboxylic acids is 1. The first-order valence-corrected chi connectivity index (χ1v) is 28.6. The van der Waals surface area contributed by atoms with E-state index >= 15 is 0 Å². The third kappa shape index (κ3) is 17.5. The summed E-state index contributed by atoms with van der Waals surface area (Å²) < 4.78 is 13.0. The maximum atomic E-state index is 12.5. The van der Waals surface area contributed by atoms with Crippen LogP contribution in [0.15, 0.2) is 196 Å². The molecule has 20 heteroatoms. The van der Waals surface area contributed by atoms with Crippen molar-refractivity contribution in [2.24, 2.45) is 12.0 Å². The van der Waals surface area contributed by atoms with E-state index in [2.05, 4.69) is 31.4 Å². The third-order valence-electron chi connectivity index (χ3n) is 13.9. The minimum Gasteiger partial charge on any atom is -0.507 e. The van der Waals surface area contributed by atoms with Gasteiger partial charge in [0.1, 0.15) is 34.4 Å².